The molecule has 15 heavy (non-hydrogen) atoms. The normalized spacial score (nSPS) is 10.1. The van der Waals surface area contributed by atoms with Crippen LogP contribution in [0.3, 0.4) is 0 Å². The number of esters is 1. The fourth-order valence-corrected chi connectivity index (χ4v) is 1.71. The molecule has 0 saturated heterocycles. The minimum Gasteiger partial charge on any atom is -0.465 e. The number of rotatable bonds is 4. The standard InChI is InChI=1S/C11H13ClO2S/c1-14-11(13)9-5-4-8(3-2-6-15)7-10(9)12/h4-5,7,15H,2-3,6H2,1H3. The Labute approximate surface area is 100.0 Å². The number of aryl methyl sites for hydroxylation is 1. The highest BCUT2D eigenvalue weighted by Crippen LogP contribution is 2.19. The summed E-state index contributed by atoms with van der Waals surface area (Å²) < 4.78 is 4.60. The first kappa shape index (κ1) is 12.4. The monoisotopic (exact) mass is 244 g/mol. The second-order valence-corrected chi connectivity index (χ2v) is 3.99. The van der Waals surface area contributed by atoms with Crippen LogP contribution in [0.5, 0.6) is 0 Å². The molecule has 0 heterocycles. The van der Waals surface area contributed by atoms with Gasteiger partial charge in [-0.1, -0.05) is 17.7 Å². The molecule has 0 radical (unpaired) electrons. The molecule has 82 valence electrons. The lowest BCUT2D eigenvalue weighted by Gasteiger charge is -2.05. The molecule has 0 atom stereocenters. The number of halogens is 1. The molecule has 1 aromatic rings. The molecule has 0 N–H and O–H groups in total. The molecular formula is C11H13ClO2S. The lowest BCUT2D eigenvalue weighted by molar-refractivity contribution is 0.0601. The van der Waals surface area contributed by atoms with Gasteiger partial charge in [-0.25, -0.2) is 4.79 Å². The lowest BCUT2D eigenvalue weighted by atomic mass is 10.1. The molecule has 0 aliphatic carbocycles. The molecule has 0 aliphatic rings. The van der Waals surface area contributed by atoms with Gasteiger partial charge in [0.05, 0.1) is 17.7 Å². The average molecular weight is 245 g/mol. The van der Waals surface area contributed by atoms with Crippen LogP contribution >= 0.6 is 24.2 Å². The third kappa shape index (κ3) is 3.43. The molecule has 0 unspecified atom stereocenters. The number of benzene rings is 1. The number of carbonyl (C=O) groups excluding carboxylic acids is 1. The highest BCUT2D eigenvalue weighted by atomic mass is 35.5. The zero-order chi connectivity index (χ0) is 11.3. The summed E-state index contributed by atoms with van der Waals surface area (Å²) in [5.74, 6) is 0.442. The number of hydrogen-bond donors (Lipinski definition) is 1. The minimum absolute atomic E-state index is 0.402. The van der Waals surface area contributed by atoms with Crippen LogP contribution in [0.25, 0.3) is 0 Å². The van der Waals surface area contributed by atoms with Crippen LogP contribution in [0.15, 0.2) is 18.2 Å². The molecule has 0 bridgehead atoms. The van der Waals surface area contributed by atoms with Gasteiger partial charge in [-0.2, -0.15) is 12.6 Å². The van der Waals surface area contributed by atoms with Crippen molar-refractivity contribution in [2.24, 2.45) is 0 Å². The molecule has 0 fully saturated rings. The van der Waals surface area contributed by atoms with E-state index in [4.69, 9.17) is 11.6 Å². The van der Waals surface area contributed by atoms with Crippen molar-refractivity contribution < 1.29 is 9.53 Å². The minimum atomic E-state index is -0.402. The summed E-state index contributed by atoms with van der Waals surface area (Å²) in [5.41, 5.74) is 1.52. The predicted octanol–water partition coefficient (Wildman–Crippen LogP) is 2.99. The Morgan fingerprint density at radius 2 is 2.27 bits per heavy atom. The highest BCUT2D eigenvalue weighted by Gasteiger charge is 2.10. The molecular weight excluding hydrogens is 232 g/mol. The topological polar surface area (TPSA) is 26.3 Å². The number of hydrogen-bond acceptors (Lipinski definition) is 3. The lowest BCUT2D eigenvalue weighted by Crippen LogP contribution is -2.02. The van der Waals surface area contributed by atoms with Gasteiger partial charge in [0.1, 0.15) is 0 Å². The van der Waals surface area contributed by atoms with Gasteiger partial charge < -0.3 is 4.74 Å². The summed E-state index contributed by atoms with van der Waals surface area (Å²) in [6, 6.07) is 5.39. The summed E-state index contributed by atoms with van der Waals surface area (Å²) in [6.07, 6.45) is 1.92. The van der Waals surface area contributed by atoms with Crippen LogP contribution in [-0.2, 0) is 11.2 Å². The van der Waals surface area contributed by atoms with Gasteiger partial charge in [0.2, 0.25) is 0 Å². The van der Waals surface area contributed by atoms with E-state index in [0.717, 1.165) is 24.2 Å². The maximum Gasteiger partial charge on any atom is 0.339 e. The molecule has 1 rings (SSSR count). The van der Waals surface area contributed by atoms with Gasteiger partial charge in [0, 0.05) is 0 Å². The largest absolute Gasteiger partial charge is 0.465 e. The summed E-state index contributed by atoms with van der Waals surface area (Å²) in [6.45, 7) is 0. The van der Waals surface area contributed by atoms with Crippen LogP contribution in [-0.4, -0.2) is 18.8 Å². The Kier molecular flexibility index (Phi) is 4.99. The Morgan fingerprint density at radius 1 is 1.53 bits per heavy atom. The Balaban J connectivity index is 2.83. The first-order valence-corrected chi connectivity index (χ1v) is 5.67. The third-order valence-corrected chi connectivity index (χ3v) is 2.69. The average Bonchev–Trinajstić information content (AvgIpc) is 2.25. The van der Waals surface area contributed by atoms with E-state index < -0.39 is 5.97 Å². The maximum atomic E-state index is 11.2. The second kappa shape index (κ2) is 6.03. The van der Waals surface area contributed by atoms with Gasteiger partial charge in [-0.15, -0.1) is 0 Å². The first-order valence-electron chi connectivity index (χ1n) is 4.66. The SMILES string of the molecule is COC(=O)c1ccc(CCCS)cc1Cl. The number of carbonyl (C=O) groups is 1. The van der Waals surface area contributed by atoms with Crippen LogP contribution in [0, 0.1) is 0 Å². The Hall–Kier alpha value is -0.670. The molecule has 0 spiro atoms. The quantitative estimate of drug-likeness (QED) is 0.651. The van der Waals surface area contributed by atoms with Gasteiger partial charge in [-0.05, 0) is 36.3 Å². The van der Waals surface area contributed by atoms with Crippen molar-refractivity contribution in [1.29, 1.82) is 0 Å². The smallest absolute Gasteiger partial charge is 0.339 e. The Bertz CT molecular complexity index is 352. The van der Waals surface area contributed by atoms with Crippen LogP contribution in [0.1, 0.15) is 22.3 Å². The molecule has 2 nitrogen and oxygen atoms in total. The molecule has 0 amide bonds. The molecule has 0 saturated carbocycles. The predicted molar refractivity (Wildman–Crippen MR) is 65.0 cm³/mol. The summed E-state index contributed by atoms with van der Waals surface area (Å²) in [5, 5.41) is 0.443. The van der Waals surface area contributed by atoms with Crippen molar-refractivity contribution in [3.05, 3.63) is 34.3 Å². The molecule has 4 heteroatoms. The van der Waals surface area contributed by atoms with Gasteiger partial charge >= 0.3 is 5.97 Å². The fourth-order valence-electron chi connectivity index (χ4n) is 1.27. The molecule has 0 aliphatic heterocycles. The van der Waals surface area contributed by atoms with E-state index in [1.165, 1.54) is 7.11 Å². The molecule has 1 aromatic carbocycles. The summed E-state index contributed by atoms with van der Waals surface area (Å²) >= 11 is 10.1. The van der Waals surface area contributed by atoms with E-state index in [-0.39, 0.29) is 0 Å². The number of thiol groups is 1. The van der Waals surface area contributed by atoms with Crippen molar-refractivity contribution in [1.82, 2.24) is 0 Å². The van der Waals surface area contributed by atoms with E-state index in [9.17, 15) is 4.79 Å². The number of ether oxygens (including phenoxy) is 1. The van der Waals surface area contributed by atoms with Crippen molar-refractivity contribution >= 4 is 30.2 Å². The van der Waals surface area contributed by atoms with Crippen LogP contribution < -0.4 is 0 Å². The first-order chi connectivity index (χ1) is 7.19. The molecule has 0 aromatic heterocycles. The third-order valence-electron chi connectivity index (χ3n) is 2.06. The van der Waals surface area contributed by atoms with Crippen molar-refractivity contribution in [2.75, 3.05) is 12.9 Å². The van der Waals surface area contributed by atoms with Crippen molar-refractivity contribution in [3.8, 4) is 0 Å². The summed E-state index contributed by atoms with van der Waals surface area (Å²) in [4.78, 5) is 11.2. The van der Waals surface area contributed by atoms with Gasteiger partial charge in [-0.3, -0.25) is 0 Å². The van der Waals surface area contributed by atoms with Gasteiger partial charge in [0.25, 0.3) is 0 Å². The van der Waals surface area contributed by atoms with E-state index in [1.54, 1.807) is 12.1 Å². The summed E-state index contributed by atoms with van der Waals surface area (Å²) in [7, 11) is 1.34. The second-order valence-electron chi connectivity index (χ2n) is 3.13. The van der Waals surface area contributed by atoms with Crippen molar-refractivity contribution in [3.63, 3.8) is 0 Å². The Morgan fingerprint density at radius 3 is 2.80 bits per heavy atom. The highest BCUT2D eigenvalue weighted by molar-refractivity contribution is 7.80. The van der Waals surface area contributed by atoms with Crippen molar-refractivity contribution in [2.45, 2.75) is 12.8 Å². The van der Waals surface area contributed by atoms with Crippen LogP contribution in [0.2, 0.25) is 5.02 Å². The van der Waals surface area contributed by atoms with E-state index in [1.807, 2.05) is 6.07 Å². The fraction of sp³-hybridized carbons (Fsp3) is 0.364. The van der Waals surface area contributed by atoms with E-state index >= 15 is 0 Å². The van der Waals surface area contributed by atoms with E-state index in [0.29, 0.717) is 10.6 Å². The van der Waals surface area contributed by atoms with E-state index in [2.05, 4.69) is 17.4 Å². The zero-order valence-electron chi connectivity index (χ0n) is 8.50. The van der Waals surface area contributed by atoms with Gasteiger partial charge in [0.15, 0.2) is 0 Å². The van der Waals surface area contributed by atoms with Crippen LogP contribution in [0.4, 0.5) is 0 Å². The zero-order valence-corrected chi connectivity index (χ0v) is 10.1. The number of methoxy groups -OCH3 is 1. The maximum absolute atomic E-state index is 11.2.